The molecule has 0 aromatic heterocycles. The lowest BCUT2D eigenvalue weighted by Crippen LogP contribution is -2.19. The van der Waals surface area contributed by atoms with E-state index in [4.69, 9.17) is 0 Å². The van der Waals surface area contributed by atoms with Gasteiger partial charge in [-0.25, -0.2) is 4.39 Å². The first-order valence-corrected chi connectivity index (χ1v) is 6.64. The van der Waals surface area contributed by atoms with E-state index in [0.29, 0.717) is 4.47 Å². The highest BCUT2D eigenvalue weighted by atomic mass is 79.9. The Morgan fingerprint density at radius 1 is 1.50 bits per heavy atom. The van der Waals surface area contributed by atoms with Gasteiger partial charge in [0.15, 0.2) is 0 Å². The molecule has 1 aliphatic rings. The van der Waals surface area contributed by atoms with Crippen LogP contribution >= 0.6 is 15.9 Å². The summed E-state index contributed by atoms with van der Waals surface area (Å²) >= 11 is 3.23. The Morgan fingerprint density at radius 2 is 2.31 bits per heavy atom. The average Bonchev–Trinajstić information content (AvgIpc) is 2.71. The maximum atomic E-state index is 13.1. The van der Waals surface area contributed by atoms with Crippen LogP contribution < -0.4 is 0 Å². The minimum atomic E-state index is -0.184. The highest BCUT2D eigenvalue weighted by Gasteiger charge is 2.20. The molecule has 0 spiro atoms. The van der Waals surface area contributed by atoms with Crippen molar-refractivity contribution in [3.05, 3.63) is 34.1 Å². The molecule has 1 unspecified atom stereocenters. The number of nitrogens with zero attached hydrogens (tertiary/aromatic N) is 1. The van der Waals surface area contributed by atoms with Crippen molar-refractivity contribution in [1.82, 2.24) is 4.90 Å². The third-order valence-electron chi connectivity index (χ3n) is 3.34. The van der Waals surface area contributed by atoms with Crippen LogP contribution in [0.2, 0.25) is 0 Å². The minimum Gasteiger partial charge on any atom is -0.299 e. The van der Waals surface area contributed by atoms with Crippen LogP contribution in [0.15, 0.2) is 22.7 Å². The molecule has 1 atom stereocenters. The molecule has 0 radical (unpaired) electrons. The summed E-state index contributed by atoms with van der Waals surface area (Å²) in [7, 11) is 0. The lowest BCUT2D eigenvalue weighted by Gasteiger charge is -2.15. The molecule has 0 bridgehead atoms. The average molecular weight is 286 g/mol. The Labute approximate surface area is 105 Å². The molecule has 1 aromatic carbocycles. The Hall–Kier alpha value is -0.410. The van der Waals surface area contributed by atoms with Crippen molar-refractivity contribution in [3.8, 4) is 0 Å². The van der Waals surface area contributed by atoms with Crippen LogP contribution in [0.25, 0.3) is 0 Å². The van der Waals surface area contributed by atoms with Gasteiger partial charge in [0.25, 0.3) is 0 Å². The van der Waals surface area contributed by atoms with Crippen LogP contribution in [0, 0.1) is 11.7 Å². The first-order valence-electron chi connectivity index (χ1n) is 5.85. The summed E-state index contributed by atoms with van der Waals surface area (Å²) in [4.78, 5) is 2.45. The van der Waals surface area contributed by atoms with Gasteiger partial charge in [-0.1, -0.05) is 19.4 Å². The number of rotatable bonds is 3. The second-order valence-corrected chi connectivity index (χ2v) is 5.40. The molecule has 3 heteroatoms. The Morgan fingerprint density at radius 3 is 2.94 bits per heavy atom. The highest BCUT2D eigenvalue weighted by molar-refractivity contribution is 9.10. The summed E-state index contributed by atoms with van der Waals surface area (Å²) in [6, 6.07) is 5.29. The monoisotopic (exact) mass is 285 g/mol. The second-order valence-electron chi connectivity index (χ2n) is 4.55. The summed E-state index contributed by atoms with van der Waals surface area (Å²) in [5.41, 5.74) is 1.19. The Kier molecular flexibility index (Phi) is 3.98. The lowest BCUT2D eigenvalue weighted by molar-refractivity contribution is 0.315. The summed E-state index contributed by atoms with van der Waals surface area (Å²) in [5, 5.41) is 0. The molecule has 1 aliphatic heterocycles. The Balaban J connectivity index is 1.97. The van der Waals surface area contributed by atoms with Crippen molar-refractivity contribution in [1.29, 1.82) is 0 Å². The van der Waals surface area contributed by atoms with Crippen molar-refractivity contribution in [2.24, 2.45) is 5.92 Å². The van der Waals surface area contributed by atoms with E-state index in [1.165, 1.54) is 37.6 Å². The fourth-order valence-electron chi connectivity index (χ4n) is 2.29. The van der Waals surface area contributed by atoms with E-state index in [-0.39, 0.29) is 5.82 Å². The fraction of sp³-hybridized carbons (Fsp3) is 0.538. The van der Waals surface area contributed by atoms with Crippen LogP contribution in [0.5, 0.6) is 0 Å². The maximum Gasteiger partial charge on any atom is 0.137 e. The summed E-state index contributed by atoms with van der Waals surface area (Å²) in [6.45, 7) is 5.55. The highest BCUT2D eigenvalue weighted by Crippen LogP contribution is 2.23. The van der Waals surface area contributed by atoms with Gasteiger partial charge in [0.05, 0.1) is 4.47 Å². The van der Waals surface area contributed by atoms with Crippen molar-refractivity contribution in [2.75, 3.05) is 13.1 Å². The van der Waals surface area contributed by atoms with Crippen LogP contribution in [0.1, 0.15) is 25.3 Å². The number of likely N-dealkylation sites (tertiary alicyclic amines) is 1. The largest absolute Gasteiger partial charge is 0.299 e. The first-order chi connectivity index (χ1) is 7.69. The second kappa shape index (κ2) is 5.28. The van der Waals surface area contributed by atoms with Gasteiger partial charge >= 0.3 is 0 Å². The maximum absolute atomic E-state index is 13.1. The number of hydrogen-bond donors (Lipinski definition) is 0. The van der Waals surface area contributed by atoms with E-state index in [1.807, 2.05) is 12.1 Å². The van der Waals surface area contributed by atoms with Crippen LogP contribution in [0.3, 0.4) is 0 Å². The molecular formula is C13H17BrFN. The molecule has 0 N–H and O–H groups in total. The summed E-state index contributed by atoms with van der Waals surface area (Å²) < 4.78 is 13.6. The van der Waals surface area contributed by atoms with Crippen LogP contribution in [-0.4, -0.2) is 18.0 Å². The summed E-state index contributed by atoms with van der Waals surface area (Å²) in [5.74, 6) is 0.667. The van der Waals surface area contributed by atoms with Gasteiger partial charge < -0.3 is 0 Å². The molecule has 1 saturated heterocycles. The van der Waals surface area contributed by atoms with Crippen LogP contribution in [-0.2, 0) is 6.54 Å². The number of hydrogen-bond acceptors (Lipinski definition) is 1. The zero-order valence-corrected chi connectivity index (χ0v) is 11.1. The van der Waals surface area contributed by atoms with E-state index < -0.39 is 0 Å². The molecule has 0 amide bonds. The summed E-state index contributed by atoms with van der Waals surface area (Å²) in [6.07, 6.45) is 2.57. The molecular weight excluding hydrogens is 269 g/mol. The van der Waals surface area contributed by atoms with Crippen molar-refractivity contribution in [2.45, 2.75) is 26.3 Å². The van der Waals surface area contributed by atoms with Gasteiger partial charge in [0.2, 0.25) is 0 Å². The first kappa shape index (κ1) is 12.1. The Bertz CT molecular complexity index is 367. The molecule has 0 aliphatic carbocycles. The van der Waals surface area contributed by atoms with E-state index in [2.05, 4.69) is 27.8 Å². The SMILES string of the molecule is CCC1CCN(Cc2ccc(F)c(Br)c2)C1. The molecule has 1 aromatic rings. The van der Waals surface area contributed by atoms with Gasteiger partial charge in [-0.3, -0.25) is 4.90 Å². The number of benzene rings is 1. The standard InChI is InChI=1S/C13H17BrFN/c1-2-10-5-6-16(8-10)9-11-3-4-13(15)12(14)7-11/h3-4,7,10H,2,5-6,8-9H2,1H3. The molecule has 16 heavy (non-hydrogen) atoms. The van der Waals surface area contributed by atoms with Crippen LogP contribution in [0.4, 0.5) is 4.39 Å². The predicted molar refractivity (Wildman–Crippen MR) is 67.8 cm³/mol. The lowest BCUT2D eigenvalue weighted by atomic mass is 10.1. The normalized spacial score (nSPS) is 21.6. The van der Waals surface area contributed by atoms with Gasteiger partial charge in [-0.05, 0) is 52.5 Å². The van der Waals surface area contributed by atoms with Gasteiger partial charge in [0.1, 0.15) is 5.82 Å². The quantitative estimate of drug-likeness (QED) is 0.816. The van der Waals surface area contributed by atoms with E-state index in [1.54, 1.807) is 0 Å². The molecule has 0 saturated carbocycles. The molecule has 1 fully saturated rings. The van der Waals surface area contributed by atoms with Crippen molar-refractivity contribution in [3.63, 3.8) is 0 Å². The third-order valence-corrected chi connectivity index (χ3v) is 3.95. The smallest absolute Gasteiger partial charge is 0.137 e. The topological polar surface area (TPSA) is 3.24 Å². The molecule has 1 nitrogen and oxygen atoms in total. The van der Waals surface area contributed by atoms with Gasteiger partial charge in [-0.2, -0.15) is 0 Å². The number of halogens is 2. The van der Waals surface area contributed by atoms with E-state index in [9.17, 15) is 4.39 Å². The minimum absolute atomic E-state index is 0.184. The fourth-order valence-corrected chi connectivity index (χ4v) is 2.71. The molecule has 1 heterocycles. The van der Waals surface area contributed by atoms with E-state index in [0.717, 1.165) is 12.5 Å². The third kappa shape index (κ3) is 2.83. The van der Waals surface area contributed by atoms with E-state index >= 15 is 0 Å². The van der Waals surface area contributed by atoms with Gasteiger partial charge in [-0.15, -0.1) is 0 Å². The zero-order valence-electron chi connectivity index (χ0n) is 9.55. The van der Waals surface area contributed by atoms with Crippen molar-refractivity contribution < 1.29 is 4.39 Å². The predicted octanol–water partition coefficient (Wildman–Crippen LogP) is 3.82. The molecule has 88 valence electrons. The zero-order chi connectivity index (χ0) is 11.5. The molecule has 2 rings (SSSR count). The van der Waals surface area contributed by atoms with Gasteiger partial charge in [0, 0.05) is 13.1 Å². The van der Waals surface area contributed by atoms with Crippen molar-refractivity contribution >= 4 is 15.9 Å².